The van der Waals surface area contributed by atoms with Crippen LogP contribution in [0.15, 0.2) is 39.4 Å². The number of aliphatic imine (C=N–C) groups is 2. The van der Waals surface area contributed by atoms with E-state index in [9.17, 15) is 0 Å². The van der Waals surface area contributed by atoms with Crippen LogP contribution in [0.3, 0.4) is 0 Å². The lowest BCUT2D eigenvalue weighted by atomic mass is 9.90. The smallest absolute Gasteiger partial charge is 0.219 e. The number of ether oxygens (including phenoxy) is 2. The Morgan fingerprint density at radius 3 is 3.17 bits per heavy atom. The Balaban J connectivity index is 1.56. The lowest BCUT2D eigenvalue weighted by Gasteiger charge is -2.27. The van der Waals surface area contributed by atoms with Gasteiger partial charge in [0.05, 0.1) is 25.5 Å². The minimum atomic E-state index is -0.910. The number of nitrogens with two attached hydrogens (primary N) is 2. The summed E-state index contributed by atoms with van der Waals surface area (Å²) in [6.07, 6.45) is 2.80. The maximum Gasteiger partial charge on any atom is 0.219 e. The molecule has 4 N–H and O–H groups in total. The molecule has 2 atom stereocenters. The largest absolute Gasteiger partial charge is 0.379 e. The highest BCUT2D eigenvalue weighted by atomic mass is 16.5. The van der Waals surface area contributed by atoms with E-state index in [4.69, 9.17) is 20.9 Å². The number of benzene rings is 1. The molecule has 3 aliphatic heterocycles. The Bertz CT molecular complexity index is 725. The molecule has 2 unspecified atom stereocenters. The zero-order chi connectivity index (χ0) is 16.6. The molecule has 24 heavy (non-hydrogen) atoms. The summed E-state index contributed by atoms with van der Waals surface area (Å²) < 4.78 is 11.2. The van der Waals surface area contributed by atoms with Gasteiger partial charge in [-0.15, -0.1) is 0 Å². The van der Waals surface area contributed by atoms with E-state index in [-0.39, 0.29) is 12.1 Å². The van der Waals surface area contributed by atoms with Gasteiger partial charge in [0, 0.05) is 6.61 Å². The summed E-state index contributed by atoms with van der Waals surface area (Å²) in [5, 5.41) is 5.96. The summed E-state index contributed by atoms with van der Waals surface area (Å²) in [4.78, 5) is 8.34. The van der Waals surface area contributed by atoms with E-state index in [2.05, 4.69) is 15.1 Å². The number of guanidine groups is 1. The summed E-state index contributed by atoms with van der Waals surface area (Å²) in [6.45, 7) is 2.29. The lowest BCUT2D eigenvalue weighted by molar-refractivity contribution is 0.0317. The lowest BCUT2D eigenvalue weighted by Crippen LogP contribution is -2.50. The molecule has 3 aliphatic rings. The first-order valence-electron chi connectivity index (χ1n) is 7.94. The van der Waals surface area contributed by atoms with Crippen molar-refractivity contribution in [3.8, 4) is 0 Å². The monoisotopic (exact) mass is 328 g/mol. The van der Waals surface area contributed by atoms with Gasteiger partial charge in [0.25, 0.3) is 0 Å². The molecule has 0 aliphatic carbocycles. The Labute approximate surface area is 139 Å². The van der Waals surface area contributed by atoms with Gasteiger partial charge in [0.15, 0.2) is 5.84 Å². The molecule has 8 nitrogen and oxygen atoms in total. The number of hydrogen-bond acceptors (Lipinski definition) is 8. The molecule has 0 amide bonds. The normalized spacial score (nSPS) is 28.7. The number of hydrazone groups is 1. The van der Waals surface area contributed by atoms with Crippen LogP contribution in [0.4, 0.5) is 0 Å². The fourth-order valence-electron chi connectivity index (χ4n) is 3.00. The van der Waals surface area contributed by atoms with Crippen molar-refractivity contribution >= 4 is 18.0 Å². The summed E-state index contributed by atoms with van der Waals surface area (Å²) in [5.74, 6) is 0.819. The van der Waals surface area contributed by atoms with E-state index in [0.29, 0.717) is 25.7 Å². The highest BCUT2D eigenvalue weighted by molar-refractivity contribution is 6.14. The topological polar surface area (TPSA) is 111 Å². The van der Waals surface area contributed by atoms with Gasteiger partial charge in [-0.25, -0.2) is 10.0 Å². The van der Waals surface area contributed by atoms with E-state index in [1.54, 1.807) is 11.2 Å². The van der Waals surface area contributed by atoms with Crippen molar-refractivity contribution in [1.82, 2.24) is 5.01 Å². The summed E-state index contributed by atoms with van der Waals surface area (Å²) in [5.41, 5.74) is 13.4. The predicted octanol–water partition coefficient (Wildman–Crippen LogP) is 0.132. The molecule has 1 aromatic rings. The van der Waals surface area contributed by atoms with Crippen LogP contribution in [0, 0.1) is 0 Å². The Kier molecular flexibility index (Phi) is 3.79. The third-order valence-corrected chi connectivity index (χ3v) is 4.38. The Hall–Kier alpha value is -2.29. The molecular formula is C16H20N6O2. The molecule has 0 radical (unpaired) electrons. The van der Waals surface area contributed by atoms with Gasteiger partial charge in [-0.1, -0.05) is 24.3 Å². The molecule has 0 bridgehead atoms. The molecule has 0 saturated carbocycles. The van der Waals surface area contributed by atoms with Gasteiger partial charge < -0.3 is 20.9 Å². The van der Waals surface area contributed by atoms with Gasteiger partial charge in [-0.05, 0) is 17.5 Å². The number of nitrogens with zero attached hydrogens (tertiary/aromatic N) is 4. The second-order valence-electron chi connectivity index (χ2n) is 6.10. The van der Waals surface area contributed by atoms with Crippen LogP contribution in [0.25, 0.3) is 0 Å². The van der Waals surface area contributed by atoms with Crippen LogP contribution in [0.5, 0.6) is 0 Å². The van der Waals surface area contributed by atoms with Gasteiger partial charge in [0.1, 0.15) is 12.2 Å². The summed E-state index contributed by atoms with van der Waals surface area (Å²) in [6, 6.07) is 7.97. The van der Waals surface area contributed by atoms with Crippen LogP contribution < -0.4 is 11.5 Å². The van der Waals surface area contributed by atoms with Crippen LogP contribution in [0.1, 0.15) is 17.5 Å². The van der Waals surface area contributed by atoms with E-state index in [1.807, 2.05) is 24.3 Å². The summed E-state index contributed by atoms with van der Waals surface area (Å²) >= 11 is 0. The highest BCUT2D eigenvalue weighted by Crippen LogP contribution is 2.28. The average Bonchev–Trinajstić information content (AvgIpc) is 3.23. The zero-order valence-electron chi connectivity index (χ0n) is 13.3. The third-order valence-electron chi connectivity index (χ3n) is 4.38. The first-order valence-corrected chi connectivity index (χ1v) is 7.94. The highest BCUT2D eigenvalue weighted by Gasteiger charge is 2.42. The van der Waals surface area contributed by atoms with Crippen LogP contribution >= 0.6 is 0 Å². The third kappa shape index (κ3) is 2.68. The number of amidine groups is 1. The van der Waals surface area contributed by atoms with Crippen LogP contribution in [0.2, 0.25) is 0 Å². The van der Waals surface area contributed by atoms with Crippen molar-refractivity contribution in [2.24, 2.45) is 26.6 Å². The van der Waals surface area contributed by atoms with E-state index in [0.717, 1.165) is 24.2 Å². The fourth-order valence-corrected chi connectivity index (χ4v) is 3.00. The van der Waals surface area contributed by atoms with E-state index < -0.39 is 5.54 Å². The number of hydrogen-bond donors (Lipinski definition) is 2. The second kappa shape index (κ2) is 5.97. The molecule has 3 heterocycles. The molecule has 0 aromatic heterocycles. The molecule has 1 aromatic carbocycles. The Morgan fingerprint density at radius 1 is 1.42 bits per heavy atom. The zero-order valence-corrected chi connectivity index (χ0v) is 13.3. The Morgan fingerprint density at radius 2 is 2.33 bits per heavy atom. The van der Waals surface area contributed by atoms with Crippen molar-refractivity contribution in [2.75, 3.05) is 19.9 Å². The fraction of sp³-hybridized carbons (Fsp3) is 0.438. The van der Waals surface area contributed by atoms with Gasteiger partial charge in [0.2, 0.25) is 5.96 Å². The van der Waals surface area contributed by atoms with Gasteiger partial charge in [-0.2, -0.15) is 10.1 Å². The van der Waals surface area contributed by atoms with Crippen LogP contribution in [-0.2, 0) is 21.6 Å². The van der Waals surface area contributed by atoms with Crippen molar-refractivity contribution in [3.05, 3.63) is 35.4 Å². The summed E-state index contributed by atoms with van der Waals surface area (Å²) in [7, 11) is 0. The van der Waals surface area contributed by atoms with Crippen molar-refractivity contribution < 1.29 is 9.47 Å². The van der Waals surface area contributed by atoms with E-state index in [1.165, 1.54) is 0 Å². The first kappa shape index (κ1) is 15.3. The average molecular weight is 328 g/mol. The molecule has 126 valence electrons. The quantitative estimate of drug-likeness (QED) is 0.816. The maximum absolute atomic E-state index is 6.59. The van der Waals surface area contributed by atoms with Crippen molar-refractivity contribution in [2.45, 2.75) is 24.7 Å². The number of rotatable bonds is 4. The molecular weight excluding hydrogens is 308 g/mol. The minimum Gasteiger partial charge on any atom is -0.379 e. The predicted molar refractivity (Wildman–Crippen MR) is 90.6 cm³/mol. The number of fused-ring (bicyclic) bond motifs is 1. The van der Waals surface area contributed by atoms with Crippen molar-refractivity contribution in [1.29, 1.82) is 0 Å². The molecule has 1 fully saturated rings. The van der Waals surface area contributed by atoms with Gasteiger partial charge in [-0.3, -0.25) is 0 Å². The first-order chi connectivity index (χ1) is 11.6. The second-order valence-corrected chi connectivity index (χ2v) is 6.10. The van der Waals surface area contributed by atoms with Crippen LogP contribution in [-0.4, -0.2) is 49.0 Å². The molecule has 4 rings (SSSR count). The van der Waals surface area contributed by atoms with E-state index >= 15 is 0 Å². The standard InChI is InChI=1S/C16H20N6O2/c17-15-19-10-22-14(21-15)16(18,9-20-22)12-3-1-2-11(6-12)7-24-13-4-5-23-8-13/h1-3,6,9,13H,4-5,7-8,10,18H2,(H2,17,19). The minimum absolute atomic E-state index is 0.169. The maximum atomic E-state index is 6.59. The molecule has 8 heteroatoms. The van der Waals surface area contributed by atoms with Gasteiger partial charge >= 0.3 is 0 Å². The molecule has 1 saturated heterocycles. The van der Waals surface area contributed by atoms with Crippen molar-refractivity contribution in [3.63, 3.8) is 0 Å². The SMILES string of the molecule is NC1=NCN2N=CC(N)(c3cccc(COC4CCOC4)c3)C2=N1. The molecule has 0 spiro atoms.